The lowest BCUT2D eigenvalue weighted by molar-refractivity contribution is -0.126. The maximum absolute atomic E-state index is 12.7. The Morgan fingerprint density at radius 3 is 2.13 bits per heavy atom. The molecule has 0 aromatic heterocycles. The van der Waals surface area contributed by atoms with Gasteiger partial charge in [-0.05, 0) is 43.0 Å². The molecular weight excluding hydrogens is 436 g/mol. The highest BCUT2D eigenvalue weighted by molar-refractivity contribution is 7.90. The lowest BCUT2D eigenvalue weighted by atomic mass is 9.96. The number of sulfonamides is 1. The van der Waals surface area contributed by atoms with E-state index in [1.165, 1.54) is 16.4 Å². The van der Waals surface area contributed by atoms with Crippen LogP contribution in [0.1, 0.15) is 36.9 Å². The second-order valence-electron chi connectivity index (χ2n) is 7.99. The molecule has 9 heteroatoms. The van der Waals surface area contributed by atoms with Gasteiger partial charge in [0.15, 0.2) is 9.84 Å². The van der Waals surface area contributed by atoms with E-state index in [-0.39, 0.29) is 28.5 Å². The average Bonchev–Trinajstić information content (AvgIpc) is 2.73. The molecule has 1 heterocycles. The van der Waals surface area contributed by atoms with E-state index in [1.807, 2.05) is 25.1 Å². The number of carbonyl (C=O) groups excluding carboxylic acids is 1. The highest BCUT2D eigenvalue weighted by Crippen LogP contribution is 2.23. The normalized spacial score (nSPS) is 17.2. The Kier molecular flexibility index (Phi) is 7.18. The van der Waals surface area contributed by atoms with Crippen LogP contribution in [0.25, 0.3) is 0 Å². The fourth-order valence-electron chi connectivity index (χ4n) is 3.69. The van der Waals surface area contributed by atoms with Crippen LogP contribution in [0.5, 0.6) is 0 Å². The van der Waals surface area contributed by atoms with Crippen molar-refractivity contribution in [1.29, 1.82) is 0 Å². The molecular formula is C22H28N2O5S2. The van der Waals surface area contributed by atoms with E-state index < -0.39 is 19.9 Å². The minimum atomic E-state index is -3.42. The molecule has 1 aliphatic rings. The highest BCUT2D eigenvalue weighted by Gasteiger charge is 2.31. The fraction of sp³-hybridized carbons (Fsp3) is 0.409. The number of hydrogen-bond donors (Lipinski definition) is 1. The first-order valence-electron chi connectivity index (χ1n) is 10.2. The van der Waals surface area contributed by atoms with Crippen LogP contribution in [0.4, 0.5) is 0 Å². The molecule has 2 aromatic carbocycles. The van der Waals surface area contributed by atoms with Crippen molar-refractivity contribution in [3.05, 3.63) is 65.7 Å². The number of hydrogen-bond acceptors (Lipinski definition) is 5. The number of sulfone groups is 1. The van der Waals surface area contributed by atoms with Gasteiger partial charge in [0.05, 0.1) is 16.7 Å². The molecule has 3 rings (SSSR count). The summed E-state index contributed by atoms with van der Waals surface area (Å²) in [4.78, 5) is 12.9. The maximum Gasteiger partial charge on any atom is 0.223 e. The van der Waals surface area contributed by atoms with E-state index in [0.717, 1.165) is 17.4 Å². The largest absolute Gasteiger partial charge is 0.349 e. The smallest absolute Gasteiger partial charge is 0.223 e. The van der Waals surface area contributed by atoms with E-state index in [0.29, 0.717) is 25.9 Å². The number of nitrogens with one attached hydrogen (secondary N) is 1. The lowest BCUT2D eigenvalue weighted by Crippen LogP contribution is -2.43. The molecule has 2 aromatic rings. The van der Waals surface area contributed by atoms with Gasteiger partial charge in [-0.1, -0.05) is 42.5 Å². The Morgan fingerprint density at radius 2 is 1.58 bits per heavy atom. The van der Waals surface area contributed by atoms with Gasteiger partial charge in [0.2, 0.25) is 15.9 Å². The minimum Gasteiger partial charge on any atom is -0.349 e. The van der Waals surface area contributed by atoms with Crippen LogP contribution in [0.15, 0.2) is 59.5 Å². The molecule has 0 radical (unpaired) electrons. The zero-order valence-corrected chi connectivity index (χ0v) is 19.3. The van der Waals surface area contributed by atoms with Gasteiger partial charge >= 0.3 is 0 Å². The van der Waals surface area contributed by atoms with Crippen LogP contribution < -0.4 is 5.32 Å². The summed E-state index contributed by atoms with van der Waals surface area (Å²) in [5.74, 6) is -0.397. The summed E-state index contributed by atoms with van der Waals surface area (Å²) >= 11 is 0. The summed E-state index contributed by atoms with van der Waals surface area (Å²) in [6.45, 7) is 2.49. The molecule has 0 aliphatic carbocycles. The maximum atomic E-state index is 12.7. The van der Waals surface area contributed by atoms with Crippen LogP contribution in [-0.2, 0) is 30.4 Å². The molecule has 0 spiro atoms. The lowest BCUT2D eigenvalue weighted by Gasteiger charge is -2.31. The van der Waals surface area contributed by atoms with E-state index in [2.05, 4.69) is 5.32 Å². The zero-order chi connectivity index (χ0) is 22.6. The van der Waals surface area contributed by atoms with Crippen molar-refractivity contribution in [2.45, 2.75) is 36.5 Å². The molecule has 7 nitrogen and oxygen atoms in total. The molecule has 1 aliphatic heterocycles. The van der Waals surface area contributed by atoms with Crippen molar-refractivity contribution in [1.82, 2.24) is 9.62 Å². The third kappa shape index (κ3) is 6.15. The van der Waals surface area contributed by atoms with Crippen molar-refractivity contribution in [3.8, 4) is 0 Å². The molecule has 1 saturated heterocycles. The predicted molar refractivity (Wildman–Crippen MR) is 119 cm³/mol. The first-order chi connectivity index (χ1) is 14.6. The number of benzene rings is 2. The molecule has 168 valence electrons. The van der Waals surface area contributed by atoms with Gasteiger partial charge in [-0.25, -0.2) is 21.1 Å². The van der Waals surface area contributed by atoms with Crippen LogP contribution in [0, 0.1) is 5.92 Å². The van der Waals surface area contributed by atoms with Crippen molar-refractivity contribution >= 4 is 25.8 Å². The second kappa shape index (κ2) is 9.50. The van der Waals surface area contributed by atoms with E-state index in [1.54, 1.807) is 24.3 Å². The quantitative estimate of drug-likeness (QED) is 0.679. The molecule has 1 N–H and O–H groups in total. The Bertz CT molecular complexity index is 1110. The summed E-state index contributed by atoms with van der Waals surface area (Å²) < 4.78 is 50.0. The Hall–Kier alpha value is -2.23. The Labute approximate surface area is 184 Å². The molecule has 0 bridgehead atoms. The summed E-state index contributed by atoms with van der Waals surface area (Å²) in [5.41, 5.74) is 1.56. The number of rotatable bonds is 7. The Morgan fingerprint density at radius 1 is 1.00 bits per heavy atom. The van der Waals surface area contributed by atoms with Gasteiger partial charge in [0, 0.05) is 25.3 Å². The predicted octanol–water partition coefficient (Wildman–Crippen LogP) is 2.51. The molecule has 31 heavy (non-hydrogen) atoms. The SMILES string of the molecule is C[C@H](NC(=O)C1CCN(S(=O)(=O)Cc2ccccc2)CC1)c1ccc(S(C)(=O)=O)cc1. The second-order valence-corrected chi connectivity index (χ2v) is 12.0. The molecule has 0 saturated carbocycles. The van der Waals surface area contributed by atoms with Gasteiger partial charge in [0.25, 0.3) is 0 Å². The third-order valence-corrected chi connectivity index (χ3v) is 8.56. The number of piperidine rings is 1. The molecule has 0 unspecified atom stereocenters. The van der Waals surface area contributed by atoms with Crippen LogP contribution in [-0.4, -0.2) is 46.4 Å². The van der Waals surface area contributed by atoms with Crippen LogP contribution >= 0.6 is 0 Å². The number of carbonyl (C=O) groups is 1. The standard InChI is InChI=1S/C22H28N2O5S2/c1-17(19-8-10-21(11-9-19)30(2,26)27)23-22(25)20-12-14-24(15-13-20)31(28,29)16-18-6-4-3-5-7-18/h3-11,17,20H,12-16H2,1-2H3,(H,23,25)/t17-/m0/s1. The first kappa shape index (κ1) is 23.4. The molecule has 1 amide bonds. The van der Waals surface area contributed by atoms with Crippen molar-refractivity contribution in [2.24, 2.45) is 5.92 Å². The van der Waals surface area contributed by atoms with Gasteiger partial charge in [-0.2, -0.15) is 0 Å². The van der Waals surface area contributed by atoms with E-state index >= 15 is 0 Å². The van der Waals surface area contributed by atoms with Crippen LogP contribution in [0.3, 0.4) is 0 Å². The first-order valence-corrected chi connectivity index (χ1v) is 13.7. The number of amides is 1. The van der Waals surface area contributed by atoms with E-state index in [4.69, 9.17) is 0 Å². The monoisotopic (exact) mass is 464 g/mol. The molecule has 1 atom stereocenters. The Balaban J connectivity index is 1.54. The van der Waals surface area contributed by atoms with Crippen molar-refractivity contribution in [3.63, 3.8) is 0 Å². The van der Waals surface area contributed by atoms with Gasteiger partial charge in [0.1, 0.15) is 0 Å². The minimum absolute atomic E-state index is 0.0365. The van der Waals surface area contributed by atoms with Crippen molar-refractivity contribution in [2.75, 3.05) is 19.3 Å². The summed E-state index contributed by atoms with van der Waals surface area (Å²) in [6.07, 6.45) is 2.10. The summed E-state index contributed by atoms with van der Waals surface area (Å²) in [5, 5.41) is 2.96. The van der Waals surface area contributed by atoms with Crippen LogP contribution in [0.2, 0.25) is 0 Å². The molecule has 1 fully saturated rings. The number of nitrogens with zero attached hydrogens (tertiary/aromatic N) is 1. The third-order valence-electron chi connectivity index (χ3n) is 5.58. The van der Waals surface area contributed by atoms with Gasteiger partial charge < -0.3 is 5.32 Å². The highest BCUT2D eigenvalue weighted by atomic mass is 32.2. The average molecular weight is 465 g/mol. The van der Waals surface area contributed by atoms with Crippen molar-refractivity contribution < 1.29 is 21.6 Å². The summed E-state index contributed by atoms with van der Waals surface area (Å²) in [6, 6.07) is 15.2. The van der Waals surface area contributed by atoms with E-state index in [9.17, 15) is 21.6 Å². The fourth-order valence-corrected chi connectivity index (χ4v) is 5.88. The summed E-state index contributed by atoms with van der Waals surface area (Å²) in [7, 11) is -6.68. The van der Waals surface area contributed by atoms with Gasteiger partial charge in [-0.15, -0.1) is 0 Å². The topological polar surface area (TPSA) is 101 Å². The zero-order valence-electron chi connectivity index (χ0n) is 17.7. The van der Waals surface area contributed by atoms with Gasteiger partial charge in [-0.3, -0.25) is 4.79 Å².